The summed E-state index contributed by atoms with van der Waals surface area (Å²) in [6.45, 7) is 9.37. The van der Waals surface area contributed by atoms with E-state index in [0.29, 0.717) is 13.2 Å². The molecule has 0 radical (unpaired) electrons. The van der Waals surface area contributed by atoms with Gasteiger partial charge in [-0.15, -0.1) is 0 Å². The van der Waals surface area contributed by atoms with Crippen LogP contribution in [0.1, 0.15) is 54.8 Å². The van der Waals surface area contributed by atoms with Gasteiger partial charge in [0.25, 0.3) is 0 Å². The molecule has 0 saturated carbocycles. The summed E-state index contributed by atoms with van der Waals surface area (Å²) in [6.07, 6.45) is 5.52. The molecular weight excluding hydrogens is 316 g/mol. The van der Waals surface area contributed by atoms with Crippen LogP contribution in [0, 0.1) is 13.8 Å². The number of oxime groups is 1. The Kier molecular flexibility index (Phi) is 7.51. The van der Waals surface area contributed by atoms with Crippen LogP contribution in [0.5, 0.6) is 5.75 Å². The van der Waals surface area contributed by atoms with Gasteiger partial charge in [-0.05, 0) is 62.4 Å². The van der Waals surface area contributed by atoms with E-state index >= 15 is 0 Å². The van der Waals surface area contributed by atoms with E-state index in [9.17, 15) is 0 Å². The Hall–Kier alpha value is -2.30. The number of hydrogen-bond donors (Lipinski definition) is 0. The number of hydrogen-bond acceptors (Lipinski definition) is 5. The minimum Gasteiger partial charge on any atom is -0.493 e. The van der Waals surface area contributed by atoms with Crippen molar-refractivity contribution in [2.24, 2.45) is 5.16 Å². The summed E-state index contributed by atoms with van der Waals surface area (Å²) in [5, 5.41) is 7.99. The summed E-state index contributed by atoms with van der Waals surface area (Å²) in [4.78, 5) is 5.01. The van der Waals surface area contributed by atoms with Gasteiger partial charge >= 0.3 is 0 Å². The Bertz CT molecular complexity index is 669. The highest BCUT2D eigenvalue weighted by molar-refractivity contribution is 5.80. The molecule has 0 atom stereocenters. The van der Waals surface area contributed by atoms with Crippen molar-refractivity contribution in [3.8, 4) is 5.75 Å². The van der Waals surface area contributed by atoms with Gasteiger partial charge in [0.15, 0.2) is 0 Å². The van der Waals surface area contributed by atoms with Crippen LogP contribution in [-0.2, 0) is 17.7 Å². The third-order valence-electron chi connectivity index (χ3n) is 3.82. The SMILES string of the molecule is CCCc1cc(CCCOc2c(C)cc(C=NOCC)cc2C)on1. The van der Waals surface area contributed by atoms with Crippen LogP contribution < -0.4 is 4.74 Å². The zero-order valence-corrected chi connectivity index (χ0v) is 15.7. The van der Waals surface area contributed by atoms with Gasteiger partial charge < -0.3 is 14.1 Å². The van der Waals surface area contributed by atoms with Crippen LogP contribution in [0.3, 0.4) is 0 Å². The van der Waals surface area contributed by atoms with E-state index in [0.717, 1.165) is 59.6 Å². The molecule has 25 heavy (non-hydrogen) atoms. The van der Waals surface area contributed by atoms with E-state index in [2.05, 4.69) is 29.4 Å². The van der Waals surface area contributed by atoms with E-state index < -0.39 is 0 Å². The molecule has 0 bridgehead atoms. The lowest BCUT2D eigenvalue weighted by Crippen LogP contribution is -2.03. The Labute approximate surface area is 150 Å². The monoisotopic (exact) mass is 344 g/mol. The molecule has 0 amide bonds. The predicted molar refractivity (Wildman–Crippen MR) is 99.5 cm³/mol. The summed E-state index contributed by atoms with van der Waals surface area (Å²) in [5.74, 6) is 1.88. The minimum atomic E-state index is 0.570. The van der Waals surface area contributed by atoms with Gasteiger partial charge in [0.05, 0.1) is 18.5 Å². The normalized spacial score (nSPS) is 11.2. The summed E-state index contributed by atoms with van der Waals surface area (Å²) in [6, 6.07) is 6.16. The smallest absolute Gasteiger partial charge is 0.137 e. The average Bonchev–Trinajstić information content (AvgIpc) is 3.01. The van der Waals surface area contributed by atoms with Gasteiger partial charge in [0.2, 0.25) is 0 Å². The van der Waals surface area contributed by atoms with Gasteiger partial charge in [-0.3, -0.25) is 0 Å². The molecule has 5 heteroatoms. The van der Waals surface area contributed by atoms with Crippen LogP contribution in [0.2, 0.25) is 0 Å². The Morgan fingerprint density at radius 1 is 1.12 bits per heavy atom. The molecule has 0 aliphatic rings. The third-order valence-corrected chi connectivity index (χ3v) is 3.82. The maximum absolute atomic E-state index is 5.99. The summed E-state index contributed by atoms with van der Waals surface area (Å²) in [7, 11) is 0. The van der Waals surface area contributed by atoms with Crippen molar-refractivity contribution in [3.63, 3.8) is 0 Å². The van der Waals surface area contributed by atoms with Crippen molar-refractivity contribution in [2.45, 2.75) is 53.4 Å². The van der Waals surface area contributed by atoms with E-state index in [-0.39, 0.29) is 0 Å². The van der Waals surface area contributed by atoms with Gasteiger partial charge in [0.1, 0.15) is 18.1 Å². The van der Waals surface area contributed by atoms with Crippen molar-refractivity contribution in [3.05, 3.63) is 46.3 Å². The fourth-order valence-corrected chi connectivity index (χ4v) is 2.73. The van der Waals surface area contributed by atoms with Crippen molar-refractivity contribution >= 4 is 6.21 Å². The van der Waals surface area contributed by atoms with Crippen molar-refractivity contribution in [1.29, 1.82) is 0 Å². The Balaban J connectivity index is 1.85. The summed E-state index contributed by atoms with van der Waals surface area (Å²) < 4.78 is 11.3. The maximum Gasteiger partial charge on any atom is 0.137 e. The van der Waals surface area contributed by atoms with Crippen LogP contribution in [-0.4, -0.2) is 24.6 Å². The molecule has 136 valence electrons. The zero-order chi connectivity index (χ0) is 18.1. The summed E-state index contributed by atoms with van der Waals surface area (Å²) >= 11 is 0. The molecule has 1 aromatic heterocycles. The van der Waals surface area contributed by atoms with Gasteiger partial charge in [-0.1, -0.05) is 23.7 Å². The van der Waals surface area contributed by atoms with E-state index in [1.165, 1.54) is 0 Å². The number of aromatic nitrogens is 1. The molecule has 2 rings (SSSR count). The lowest BCUT2D eigenvalue weighted by atomic mass is 10.1. The first-order valence-electron chi connectivity index (χ1n) is 8.97. The lowest BCUT2D eigenvalue weighted by Gasteiger charge is -2.12. The first-order chi connectivity index (χ1) is 12.1. The van der Waals surface area contributed by atoms with Crippen molar-refractivity contribution < 1.29 is 14.1 Å². The molecule has 0 N–H and O–H groups in total. The zero-order valence-electron chi connectivity index (χ0n) is 15.7. The topological polar surface area (TPSA) is 56.9 Å². The molecular formula is C20H28N2O3. The average molecular weight is 344 g/mol. The molecule has 0 saturated heterocycles. The Morgan fingerprint density at radius 2 is 1.88 bits per heavy atom. The molecule has 0 spiro atoms. The lowest BCUT2D eigenvalue weighted by molar-refractivity contribution is 0.160. The minimum absolute atomic E-state index is 0.570. The second kappa shape index (κ2) is 9.87. The van der Waals surface area contributed by atoms with Crippen LogP contribution in [0.4, 0.5) is 0 Å². The molecule has 5 nitrogen and oxygen atoms in total. The molecule has 0 fully saturated rings. The molecule has 0 aliphatic carbocycles. The van der Waals surface area contributed by atoms with Crippen molar-refractivity contribution in [2.75, 3.05) is 13.2 Å². The predicted octanol–water partition coefficient (Wildman–Crippen LogP) is 4.63. The van der Waals surface area contributed by atoms with E-state index in [4.69, 9.17) is 14.1 Å². The van der Waals surface area contributed by atoms with Crippen LogP contribution in [0.25, 0.3) is 0 Å². The second-order valence-electron chi connectivity index (χ2n) is 6.12. The molecule has 0 aliphatic heterocycles. The van der Waals surface area contributed by atoms with Gasteiger partial charge in [-0.2, -0.15) is 0 Å². The standard InChI is InChI=1S/C20H28N2O3/c1-5-8-18-13-19(25-22-18)9-7-10-23-20-15(3)11-17(12-16(20)4)14-21-24-6-2/h11-14H,5-10H2,1-4H3. The largest absolute Gasteiger partial charge is 0.493 e. The van der Waals surface area contributed by atoms with Crippen LogP contribution in [0.15, 0.2) is 27.9 Å². The number of rotatable bonds is 10. The third kappa shape index (κ3) is 5.93. The number of benzene rings is 1. The van der Waals surface area contributed by atoms with E-state index in [1.807, 2.05) is 26.8 Å². The van der Waals surface area contributed by atoms with Crippen molar-refractivity contribution in [1.82, 2.24) is 5.16 Å². The number of ether oxygens (including phenoxy) is 1. The fraction of sp³-hybridized carbons (Fsp3) is 0.500. The molecule has 1 aromatic carbocycles. The molecule has 0 unspecified atom stereocenters. The molecule has 1 heterocycles. The van der Waals surface area contributed by atoms with Crippen LogP contribution >= 0.6 is 0 Å². The fourth-order valence-electron chi connectivity index (χ4n) is 2.73. The highest BCUT2D eigenvalue weighted by Gasteiger charge is 2.07. The van der Waals surface area contributed by atoms with E-state index in [1.54, 1.807) is 6.21 Å². The second-order valence-corrected chi connectivity index (χ2v) is 6.12. The van der Waals surface area contributed by atoms with Gasteiger partial charge in [-0.25, -0.2) is 0 Å². The molecule has 2 aromatic rings. The summed E-state index contributed by atoms with van der Waals surface area (Å²) in [5.41, 5.74) is 4.25. The number of nitrogens with zero attached hydrogens (tertiary/aromatic N) is 2. The first kappa shape index (κ1) is 19.0. The maximum atomic E-state index is 5.99. The number of aryl methyl sites for hydroxylation is 4. The quantitative estimate of drug-likeness (QED) is 0.358. The Morgan fingerprint density at radius 3 is 2.56 bits per heavy atom. The first-order valence-corrected chi connectivity index (χ1v) is 8.97. The highest BCUT2D eigenvalue weighted by Crippen LogP contribution is 2.24. The van der Waals surface area contributed by atoms with Gasteiger partial charge in [0, 0.05) is 12.5 Å². The highest BCUT2D eigenvalue weighted by atomic mass is 16.6.